The van der Waals surface area contributed by atoms with E-state index in [1.807, 2.05) is 0 Å². The van der Waals surface area contributed by atoms with E-state index in [4.69, 9.17) is 5.11 Å². The van der Waals surface area contributed by atoms with Crippen molar-refractivity contribution in [2.24, 2.45) is 0 Å². The summed E-state index contributed by atoms with van der Waals surface area (Å²) >= 11 is 0. The van der Waals surface area contributed by atoms with Gasteiger partial charge in [0.25, 0.3) is 0 Å². The van der Waals surface area contributed by atoms with Crippen molar-refractivity contribution in [1.82, 2.24) is 14.9 Å². The summed E-state index contributed by atoms with van der Waals surface area (Å²) in [6.45, 7) is 10.1. The van der Waals surface area contributed by atoms with Crippen LogP contribution < -0.4 is 5.32 Å². The first-order chi connectivity index (χ1) is 8.93. The Labute approximate surface area is 113 Å². The second-order valence-corrected chi connectivity index (χ2v) is 4.94. The Morgan fingerprint density at radius 3 is 2.53 bits per heavy atom. The lowest BCUT2D eigenvalue weighted by molar-refractivity contribution is 0.0697. The van der Waals surface area contributed by atoms with Gasteiger partial charge in [-0.15, -0.1) is 0 Å². The third-order valence-corrected chi connectivity index (χ3v) is 2.93. The molecule has 19 heavy (non-hydrogen) atoms. The third-order valence-electron chi connectivity index (χ3n) is 2.93. The Balaban J connectivity index is 2.60. The Morgan fingerprint density at radius 1 is 1.37 bits per heavy atom. The fraction of sp³-hybridized carbons (Fsp3) is 0.615. The van der Waals surface area contributed by atoms with Crippen molar-refractivity contribution in [3.8, 4) is 0 Å². The lowest BCUT2D eigenvalue weighted by Crippen LogP contribution is -2.40. The summed E-state index contributed by atoms with van der Waals surface area (Å²) < 4.78 is 0. The molecule has 0 radical (unpaired) electrons. The van der Waals surface area contributed by atoms with Crippen molar-refractivity contribution < 1.29 is 9.90 Å². The quantitative estimate of drug-likeness (QED) is 0.782. The molecule has 0 amide bonds. The van der Waals surface area contributed by atoms with Gasteiger partial charge < -0.3 is 10.4 Å². The first kappa shape index (κ1) is 15.4. The van der Waals surface area contributed by atoms with Crippen LogP contribution in [0.1, 0.15) is 38.1 Å². The Morgan fingerprint density at radius 2 is 2.00 bits per heavy atom. The smallest absolute Gasteiger partial charge is 0.341 e. The number of aromatic carboxylic acids is 1. The lowest BCUT2D eigenvalue weighted by Gasteiger charge is -2.30. The fourth-order valence-electron chi connectivity index (χ4n) is 2.04. The van der Waals surface area contributed by atoms with Crippen LogP contribution in [0.2, 0.25) is 0 Å². The van der Waals surface area contributed by atoms with Crippen LogP contribution in [0.15, 0.2) is 12.5 Å². The van der Waals surface area contributed by atoms with Crippen molar-refractivity contribution in [2.75, 3.05) is 18.4 Å². The van der Waals surface area contributed by atoms with Crippen LogP contribution >= 0.6 is 0 Å². The molecule has 0 aliphatic heterocycles. The minimum Gasteiger partial charge on any atom is -0.477 e. The number of nitrogens with zero attached hydrogens (tertiary/aromatic N) is 3. The van der Waals surface area contributed by atoms with E-state index in [0.29, 0.717) is 24.4 Å². The van der Waals surface area contributed by atoms with Crippen LogP contribution in [0, 0.1) is 0 Å². The number of anilines is 1. The SMILES string of the molecule is CC(C)N(CCNc1ncncc1C(=O)O)C(C)C. The lowest BCUT2D eigenvalue weighted by atomic mass is 10.2. The molecule has 0 atom stereocenters. The van der Waals surface area contributed by atoms with Crippen molar-refractivity contribution in [3.63, 3.8) is 0 Å². The van der Waals surface area contributed by atoms with Gasteiger partial charge in [0, 0.05) is 31.4 Å². The van der Waals surface area contributed by atoms with Gasteiger partial charge in [0.2, 0.25) is 0 Å². The van der Waals surface area contributed by atoms with Gasteiger partial charge in [-0.3, -0.25) is 4.90 Å². The van der Waals surface area contributed by atoms with Crippen molar-refractivity contribution in [1.29, 1.82) is 0 Å². The largest absolute Gasteiger partial charge is 0.477 e. The topological polar surface area (TPSA) is 78.3 Å². The second kappa shape index (κ2) is 7.04. The Kier molecular flexibility index (Phi) is 5.69. The molecule has 0 saturated heterocycles. The monoisotopic (exact) mass is 266 g/mol. The summed E-state index contributed by atoms with van der Waals surface area (Å²) in [5, 5.41) is 12.1. The maximum atomic E-state index is 11.0. The first-order valence-electron chi connectivity index (χ1n) is 6.46. The molecule has 1 aromatic rings. The number of carboxylic acids is 1. The maximum Gasteiger partial charge on any atom is 0.341 e. The van der Waals surface area contributed by atoms with E-state index in [1.165, 1.54) is 12.5 Å². The highest BCUT2D eigenvalue weighted by molar-refractivity contribution is 5.92. The van der Waals surface area contributed by atoms with Gasteiger partial charge in [0.1, 0.15) is 17.7 Å². The molecule has 0 unspecified atom stereocenters. The van der Waals surface area contributed by atoms with Gasteiger partial charge >= 0.3 is 5.97 Å². The predicted octanol–water partition coefficient (Wildman–Crippen LogP) is 1.71. The maximum absolute atomic E-state index is 11.0. The zero-order valence-electron chi connectivity index (χ0n) is 11.9. The van der Waals surface area contributed by atoms with E-state index >= 15 is 0 Å². The molecule has 0 aliphatic carbocycles. The zero-order chi connectivity index (χ0) is 14.4. The van der Waals surface area contributed by atoms with E-state index in [-0.39, 0.29) is 5.56 Å². The molecule has 6 nitrogen and oxygen atoms in total. The number of rotatable bonds is 7. The van der Waals surface area contributed by atoms with Crippen LogP contribution in [0.5, 0.6) is 0 Å². The molecule has 0 bridgehead atoms. The van der Waals surface area contributed by atoms with Crippen LogP contribution in [-0.2, 0) is 0 Å². The molecule has 1 heterocycles. The standard InChI is InChI=1S/C13H22N4O2/c1-9(2)17(10(3)4)6-5-15-12-11(13(18)19)7-14-8-16-12/h7-10H,5-6H2,1-4H3,(H,18,19)(H,14,15,16). The minimum atomic E-state index is -1.02. The number of aromatic nitrogens is 2. The molecule has 0 aliphatic rings. The van der Waals surface area contributed by atoms with Crippen LogP contribution in [0.25, 0.3) is 0 Å². The predicted molar refractivity (Wildman–Crippen MR) is 74.5 cm³/mol. The van der Waals surface area contributed by atoms with Crippen LogP contribution in [-0.4, -0.2) is 51.1 Å². The van der Waals surface area contributed by atoms with Gasteiger partial charge in [-0.25, -0.2) is 14.8 Å². The highest BCUT2D eigenvalue weighted by Gasteiger charge is 2.14. The minimum absolute atomic E-state index is 0.100. The molecular weight excluding hydrogens is 244 g/mol. The average Bonchev–Trinajstić information content (AvgIpc) is 2.33. The summed E-state index contributed by atoms with van der Waals surface area (Å²) in [7, 11) is 0. The Hall–Kier alpha value is -1.69. The molecule has 0 saturated carbocycles. The summed E-state index contributed by atoms with van der Waals surface area (Å²) in [5.74, 6) is -0.650. The van der Waals surface area contributed by atoms with E-state index in [2.05, 4.69) is 47.9 Å². The molecule has 0 aromatic carbocycles. The number of carboxylic acid groups (broad SMARTS) is 1. The summed E-state index contributed by atoms with van der Waals surface area (Å²) in [5.41, 5.74) is 0.100. The summed E-state index contributed by atoms with van der Waals surface area (Å²) in [6, 6.07) is 0.900. The average molecular weight is 266 g/mol. The number of carbonyl (C=O) groups is 1. The normalized spacial score (nSPS) is 11.3. The number of hydrogen-bond acceptors (Lipinski definition) is 5. The molecule has 1 rings (SSSR count). The Bertz CT molecular complexity index is 413. The molecule has 106 valence electrons. The summed E-state index contributed by atoms with van der Waals surface area (Å²) in [6.07, 6.45) is 2.65. The van der Waals surface area contributed by atoms with Gasteiger partial charge in [-0.05, 0) is 27.7 Å². The van der Waals surface area contributed by atoms with E-state index in [9.17, 15) is 4.79 Å². The van der Waals surface area contributed by atoms with E-state index in [1.54, 1.807) is 0 Å². The highest BCUT2D eigenvalue weighted by Crippen LogP contribution is 2.10. The van der Waals surface area contributed by atoms with Crippen LogP contribution in [0.3, 0.4) is 0 Å². The first-order valence-corrected chi connectivity index (χ1v) is 6.46. The molecular formula is C13H22N4O2. The summed E-state index contributed by atoms with van der Waals surface area (Å²) in [4.78, 5) is 21.0. The van der Waals surface area contributed by atoms with Gasteiger partial charge in [-0.2, -0.15) is 0 Å². The van der Waals surface area contributed by atoms with Crippen LogP contribution in [0.4, 0.5) is 5.82 Å². The zero-order valence-corrected chi connectivity index (χ0v) is 11.9. The second-order valence-electron chi connectivity index (χ2n) is 4.94. The molecule has 6 heteroatoms. The number of hydrogen-bond donors (Lipinski definition) is 2. The number of nitrogens with one attached hydrogen (secondary N) is 1. The molecule has 0 spiro atoms. The molecule has 1 aromatic heterocycles. The van der Waals surface area contributed by atoms with Crippen molar-refractivity contribution >= 4 is 11.8 Å². The van der Waals surface area contributed by atoms with Crippen molar-refractivity contribution in [3.05, 3.63) is 18.1 Å². The highest BCUT2D eigenvalue weighted by atomic mass is 16.4. The fourth-order valence-corrected chi connectivity index (χ4v) is 2.04. The molecule has 0 fully saturated rings. The molecule has 2 N–H and O–H groups in total. The van der Waals surface area contributed by atoms with E-state index in [0.717, 1.165) is 6.54 Å². The third kappa shape index (κ3) is 4.48. The van der Waals surface area contributed by atoms with E-state index < -0.39 is 5.97 Å². The van der Waals surface area contributed by atoms with Gasteiger partial charge in [0.15, 0.2) is 0 Å². The van der Waals surface area contributed by atoms with Gasteiger partial charge in [0.05, 0.1) is 0 Å². The van der Waals surface area contributed by atoms with Gasteiger partial charge in [-0.1, -0.05) is 0 Å². The van der Waals surface area contributed by atoms with Crippen molar-refractivity contribution in [2.45, 2.75) is 39.8 Å².